The molecule has 2 aromatic rings. The van der Waals surface area contributed by atoms with Crippen molar-refractivity contribution < 1.29 is 13.6 Å². The van der Waals surface area contributed by atoms with Crippen LogP contribution in [0.1, 0.15) is 21.6 Å². The van der Waals surface area contributed by atoms with Crippen molar-refractivity contribution in [2.45, 2.75) is 23.4 Å². The lowest BCUT2D eigenvalue weighted by Gasteiger charge is -2.34. The highest BCUT2D eigenvalue weighted by Gasteiger charge is 2.23. The van der Waals surface area contributed by atoms with Crippen molar-refractivity contribution in [2.75, 3.05) is 32.7 Å². The predicted molar refractivity (Wildman–Crippen MR) is 101 cm³/mol. The van der Waals surface area contributed by atoms with Crippen molar-refractivity contribution in [1.82, 2.24) is 14.8 Å². The average Bonchev–Trinajstić information content (AvgIpc) is 3.05. The smallest absolute Gasteiger partial charge is 0.253 e. The zero-order valence-electron chi connectivity index (χ0n) is 14.5. The monoisotopic (exact) mass is 397 g/mol. The van der Waals surface area contributed by atoms with Gasteiger partial charge in [0.25, 0.3) is 12.3 Å². The van der Waals surface area contributed by atoms with Crippen molar-refractivity contribution in [2.24, 2.45) is 0 Å². The normalized spacial score (nSPS) is 15.6. The summed E-state index contributed by atoms with van der Waals surface area (Å²) in [5.41, 5.74) is 2.82. The Morgan fingerprint density at radius 3 is 2.50 bits per heavy atom. The van der Waals surface area contributed by atoms with Crippen molar-refractivity contribution in [3.63, 3.8) is 0 Å². The van der Waals surface area contributed by atoms with E-state index in [1.165, 1.54) is 0 Å². The number of rotatable bonds is 6. The molecule has 0 radical (unpaired) electrons. The van der Waals surface area contributed by atoms with E-state index in [4.69, 9.17) is 0 Å². The minimum Gasteiger partial charge on any atom is -0.336 e. The summed E-state index contributed by atoms with van der Waals surface area (Å²) in [6.45, 7) is 3.75. The molecule has 1 saturated heterocycles. The molecule has 8 heteroatoms. The number of carbonyl (C=O) groups excluding carboxylic acids is 1. The highest BCUT2D eigenvalue weighted by Crippen LogP contribution is 2.26. The van der Waals surface area contributed by atoms with Gasteiger partial charge in [-0.2, -0.15) is 0 Å². The lowest BCUT2D eigenvalue weighted by Crippen LogP contribution is -2.49. The van der Waals surface area contributed by atoms with Crippen LogP contribution >= 0.6 is 23.1 Å². The number of thioether (sulfide) groups is 1. The minimum absolute atomic E-state index is 0.0311. The number of hydrogen-bond donors (Lipinski definition) is 0. The molecule has 0 N–H and O–H groups in total. The number of aryl methyl sites for hydroxylation is 1. The average molecular weight is 398 g/mol. The highest BCUT2D eigenvalue weighted by atomic mass is 32.2. The van der Waals surface area contributed by atoms with Crippen LogP contribution in [0.25, 0.3) is 0 Å². The van der Waals surface area contributed by atoms with Crippen LogP contribution in [0.4, 0.5) is 8.78 Å². The molecule has 1 aliphatic rings. The Kier molecular flexibility index (Phi) is 6.61. The third kappa shape index (κ3) is 5.25. The number of hydrogen-bond acceptors (Lipinski definition) is 5. The number of piperazine rings is 1. The first-order chi connectivity index (χ1) is 12.5. The maximum absolute atomic E-state index is 12.6. The fourth-order valence-corrected chi connectivity index (χ4v) is 4.60. The Hall–Kier alpha value is -1.51. The van der Waals surface area contributed by atoms with E-state index in [0.717, 1.165) is 21.3 Å². The van der Waals surface area contributed by atoms with Gasteiger partial charge in [0.05, 0.1) is 6.54 Å². The van der Waals surface area contributed by atoms with Crippen LogP contribution in [0.5, 0.6) is 0 Å². The van der Waals surface area contributed by atoms with E-state index in [1.807, 2.05) is 36.6 Å². The molecule has 2 heterocycles. The summed E-state index contributed by atoms with van der Waals surface area (Å²) in [6, 6.07) is 7.62. The van der Waals surface area contributed by atoms with E-state index in [0.29, 0.717) is 31.7 Å². The summed E-state index contributed by atoms with van der Waals surface area (Å²) >= 11 is 3.33. The minimum atomic E-state index is -2.32. The molecule has 0 bridgehead atoms. The van der Waals surface area contributed by atoms with Gasteiger partial charge in [0.15, 0.2) is 0 Å². The molecule has 1 aromatic carbocycles. The van der Waals surface area contributed by atoms with Gasteiger partial charge >= 0.3 is 0 Å². The van der Waals surface area contributed by atoms with Crippen LogP contribution in [-0.2, 0) is 5.75 Å². The number of amides is 1. The van der Waals surface area contributed by atoms with E-state index >= 15 is 0 Å². The van der Waals surface area contributed by atoms with Gasteiger partial charge in [0.2, 0.25) is 0 Å². The summed E-state index contributed by atoms with van der Waals surface area (Å²) in [5, 5.41) is 2.03. The molecule has 4 nitrogen and oxygen atoms in total. The zero-order valence-corrected chi connectivity index (χ0v) is 16.2. The van der Waals surface area contributed by atoms with Gasteiger partial charge in [0.1, 0.15) is 4.34 Å². The molecular formula is C18H21F2N3OS2. The maximum Gasteiger partial charge on any atom is 0.253 e. The summed E-state index contributed by atoms with van der Waals surface area (Å²) in [4.78, 5) is 20.4. The van der Waals surface area contributed by atoms with Gasteiger partial charge < -0.3 is 4.90 Å². The molecule has 1 aliphatic heterocycles. The first-order valence-electron chi connectivity index (χ1n) is 8.45. The predicted octanol–water partition coefficient (Wildman–Crippen LogP) is 3.77. The molecule has 1 fully saturated rings. The highest BCUT2D eigenvalue weighted by molar-refractivity contribution is 8.00. The summed E-state index contributed by atoms with van der Waals surface area (Å²) in [7, 11) is 0. The van der Waals surface area contributed by atoms with Gasteiger partial charge in [-0.3, -0.25) is 9.69 Å². The second-order valence-corrected chi connectivity index (χ2v) is 8.30. The molecule has 1 aromatic heterocycles. The van der Waals surface area contributed by atoms with E-state index in [1.54, 1.807) is 32.9 Å². The maximum atomic E-state index is 12.6. The molecule has 0 spiro atoms. The fourth-order valence-electron chi connectivity index (χ4n) is 2.80. The van der Waals surface area contributed by atoms with Gasteiger partial charge in [-0.15, -0.1) is 11.3 Å². The van der Waals surface area contributed by atoms with Crippen LogP contribution in [0, 0.1) is 6.92 Å². The van der Waals surface area contributed by atoms with E-state index in [-0.39, 0.29) is 12.5 Å². The quantitative estimate of drug-likeness (QED) is 0.696. The molecule has 140 valence electrons. The van der Waals surface area contributed by atoms with Crippen molar-refractivity contribution in [3.8, 4) is 0 Å². The molecule has 0 saturated carbocycles. The third-order valence-corrected chi connectivity index (χ3v) is 6.43. The number of benzene rings is 1. The van der Waals surface area contributed by atoms with Crippen LogP contribution in [0.3, 0.4) is 0 Å². The number of thiazole rings is 1. The largest absolute Gasteiger partial charge is 0.336 e. The molecular weight excluding hydrogens is 376 g/mol. The fraction of sp³-hybridized carbons (Fsp3) is 0.444. The molecule has 0 unspecified atom stereocenters. The Bertz CT molecular complexity index is 728. The molecule has 26 heavy (non-hydrogen) atoms. The Labute approximate surface area is 160 Å². The van der Waals surface area contributed by atoms with Gasteiger partial charge in [0, 0.05) is 48.6 Å². The number of nitrogens with zero attached hydrogens (tertiary/aromatic N) is 3. The van der Waals surface area contributed by atoms with E-state index < -0.39 is 6.43 Å². The summed E-state index contributed by atoms with van der Waals surface area (Å²) in [6.07, 6.45) is -2.32. The van der Waals surface area contributed by atoms with Crippen molar-refractivity contribution in [3.05, 3.63) is 46.5 Å². The van der Waals surface area contributed by atoms with Gasteiger partial charge in [-0.05, 0) is 24.6 Å². The second kappa shape index (κ2) is 8.92. The van der Waals surface area contributed by atoms with Gasteiger partial charge in [-0.1, -0.05) is 23.9 Å². The zero-order chi connectivity index (χ0) is 18.5. The van der Waals surface area contributed by atoms with Crippen LogP contribution < -0.4 is 0 Å². The standard InChI is InChI=1S/C18H21F2N3OS2/c1-13-11-25-18(21-13)26-12-14-2-4-15(5-3-14)17(24)23-8-6-22(7-9-23)10-16(19)20/h2-5,11,16H,6-10,12H2,1H3. The number of carbonyl (C=O) groups is 1. The van der Waals surface area contributed by atoms with Gasteiger partial charge in [-0.25, -0.2) is 13.8 Å². The number of aromatic nitrogens is 1. The summed E-state index contributed by atoms with van der Waals surface area (Å²) < 4.78 is 25.9. The Morgan fingerprint density at radius 2 is 1.92 bits per heavy atom. The van der Waals surface area contributed by atoms with Crippen molar-refractivity contribution >= 4 is 29.0 Å². The number of alkyl halides is 2. The topological polar surface area (TPSA) is 36.4 Å². The number of halogens is 2. The third-order valence-electron chi connectivity index (χ3n) is 4.22. The lowest BCUT2D eigenvalue weighted by atomic mass is 10.1. The summed E-state index contributed by atoms with van der Waals surface area (Å²) in [5.74, 6) is 0.782. The van der Waals surface area contributed by atoms with E-state index in [2.05, 4.69) is 4.98 Å². The SMILES string of the molecule is Cc1csc(SCc2ccc(C(=O)N3CCN(CC(F)F)CC3)cc2)n1. The molecule has 0 aliphatic carbocycles. The van der Waals surface area contributed by atoms with Crippen LogP contribution in [0.15, 0.2) is 34.0 Å². The van der Waals surface area contributed by atoms with Crippen molar-refractivity contribution in [1.29, 1.82) is 0 Å². The molecule has 0 atom stereocenters. The first kappa shape index (κ1) is 19.3. The second-order valence-electron chi connectivity index (χ2n) is 6.22. The van der Waals surface area contributed by atoms with Crippen LogP contribution in [-0.4, -0.2) is 59.8 Å². The van der Waals surface area contributed by atoms with E-state index in [9.17, 15) is 13.6 Å². The van der Waals surface area contributed by atoms with Crippen LogP contribution in [0.2, 0.25) is 0 Å². The molecule has 3 rings (SSSR count). The lowest BCUT2D eigenvalue weighted by molar-refractivity contribution is 0.0459. The first-order valence-corrected chi connectivity index (χ1v) is 10.3. The Morgan fingerprint density at radius 1 is 1.23 bits per heavy atom. The Balaban J connectivity index is 1.51. The molecule has 1 amide bonds.